The van der Waals surface area contributed by atoms with Crippen LogP contribution in [0.5, 0.6) is 0 Å². The molecule has 0 saturated heterocycles. The molecule has 0 aliphatic rings. The number of benzene rings is 2. The van der Waals surface area contributed by atoms with E-state index in [4.69, 9.17) is 0 Å². The Morgan fingerprint density at radius 3 is 2.48 bits per heavy atom. The van der Waals surface area contributed by atoms with Gasteiger partial charge in [-0.1, -0.05) is 18.2 Å². The molecule has 29 heavy (non-hydrogen) atoms. The molecule has 0 saturated carbocycles. The van der Waals surface area contributed by atoms with Crippen molar-refractivity contribution in [3.63, 3.8) is 0 Å². The number of H-pyrrole nitrogens is 1. The summed E-state index contributed by atoms with van der Waals surface area (Å²) in [6.45, 7) is 0.103. The number of sulfonamides is 1. The number of halogens is 1. The Kier molecular flexibility index (Phi) is 5.20. The summed E-state index contributed by atoms with van der Waals surface area (Å²) >= 11 is 0. The summed E-state index contributed by atoms with van der Waals surface area (Å²) in [5.41, 5.74) is 4.40. The first kappa shape index (κ1) is 19.0. The highest BCUT2D eigenvalue weighted by atomic mass is 32.2. The third kappa shape index (κ3) is 4.23. The minimum absolute atomic E-state index is 0.0172. The van der Waals surface area contributed by atoms with E-state index in [1.807, 2.05) is 36.4 Å². The van der Waals surface area contributed by atoms with Crippen LogP contribution in [0, 0.1) is 5.82 Å². The number of hydrogen-bond acceptors (Lipinski definition) is 4. The number of nitrogens with zero attached hydrogens (tertiary/aromatic N) is 2. The first-order chi connectivity index (χ1) is 14.0. The van der Waals surface area contributed by atoms with Crippen molar-refractivity contribution in [2.45, 2.75) is 11.4 Å². The average Bonchev–Trinajstić information content (AvgIpc) is 3.24. The van der Waals surface area contributed by atoms with Gasteiger partial charge in [-0.05, 0) is 53.6 Å². The largest absolute Gasteiger partial charge is 0.277 e. The molecule has 4 aromatic rings. The van der Waals surface area contributed by atoms with E-state index in [1.54, 1.807) is 18.6 Å². The van der Waals surface area contributed by atoms with E-state index in [-0.39, 0.29) is 11.4 Å². The molecule has 0 aliphatic heterocycles. The summed E-state index contributed by atoms with van der Waals surface area (Å²) < 4.78 is 40.4. The lowest BCUT2D eigenvalue weighted by Gasteiger charge is -2.09. The molecule has 0 unspecified atom stereocenters. The van der Waals surface area contributed by atoms with Crippen LogP contribution in [0.3, 0.4) is 0 Å². The van der Waals surface area contributed by atoms with Crippen molar-refractivity contribution in [3.05, 3.63) is 90.6 Å². The van der Waals surface area contributed by atoms with Crippen LogP contribution in [0.2, 0.25) is 0 Å². The Bertz CT molecular complexity index is 1220. The molecule has 2 aromatic heterocycles. The van der Waals surface area contributed by atoms with Crippen molar-refractivity contribution in [1.29, 1.82) is 0 Å². The molecule has 6 nitrogen and oxygen atoms in total. The molecule has 0 atom stereocenters. The van der Waals surface area contributed by atoms with E-state index in [9.17, 15) is 12.8 Å². The van der Waals surface area contributed by atoms with Gasteiger partial charge in [0.05, 0.1) is 16.8 Å². The quantitative estimate of drug-likeness (QED) is 0.509. The second-order valence-corrected chi connectivity index (χ2v) is 8.14. The van der Waals surface area contributed by atoms with Crippen LogP contribution in [0.4, 0.5) is 4.39 Å². The normalized spacial score (nSPS) is 11.5. The van der Waals surface area contributed by atoms with E-state index in [1.165, 1.54) is 12.1 Å². The first-order valence-corrected chi connectivity index (χ1v) is 10.3. The van der Waals surface area contributed by atoms with Crippen molar-refractivity contribution in [1.82, 2.24) is 19.9 Å². The molecule has 0 fully saturated rings. The van der Waals surface area contributed by atoms with Crippen LogP contribution in [-0.4, -0.2) is 23.6 Å². The molecule has 2 heterocycles. The van der Waals surface area contributed by atoms with E-state index >= 15 is 0 Å². The Morgan fingerprint density at radius 1 is 0.966 bits per heavy atom. The number of nitrogens with one attached hydrogen (secondary N) is 2. The highest BCUT2D eigenvalue weighted by Gasteiger charge is 2.14. The van der Waals surface area contributed by atoms with Crippen molar-refractivity contribution in [3.8, 4) is 22.4 Å². The fourth-order valence-electron chi connectivity index (χ4n) is 2.97. The van der Waals surface area contributed by atoms with Crippen LogP contribution >= 0.6 is 0 Å². The molecular formula is C21H17FN4O2S. The summed E-state index contributed by atoms with van der Waals surface area (Å²) in [5.74, 6) is -0.485. The fraction of sp³-hybridized carbons (Fsp3) is 0.0476. The van der Waals surface area contributed by atoms with E-state index in [0.717, 1.165) is 40.1 Å². The molecule has 146 valence electrons. The summed E-state index contributed by atoms with van der Waals surface area (Å²) in [5, 5.41) is 7.16. The van der Waals surface area contributed by atoms with Gasteiger partial charge in [0.2, 0.25) is 10.0 Å². The Balaban J connectivity index is 1.56. The lowest BCUT2D eigenvalue weighted by atomic mass is 10.0. The average molecular weight is 408 g/mol. The van der Waals surface area contributed by atoms with Gasteiger partial charge >= 0.3 is 0 Å². The predicted molar refractivity (Wildman–Crippen MR) is 108 cm³/mol. The number of hydrogen-bond donors (Lipinski definition) is 2. The van der Waals surface area contributed by atoms with Crippen LogP contribution in [0.15, 0.2) is 84.1 Å². The maximum atomic E-state index is 13.0. The van der Waals surface area contributed by atoms with E-state index in [0.29, 0.717) is 0 Å². The van der Waals surface area contributed by atoms with Gasteiger partial charge in [0.1, 0.15) is 5.82 Å². The molecule has 0 amide bonds. The third-order valence-corrected chi connectivity index (χ3v) is 5.85. The standard InChI is InChI=1S/C21H17FN4O2S/c22-18-4-6-19(7-5-18)29(27,28)25-13-15-2-1-3-17(12-15)21-20(14-24-26-21)16-8-10-23-11-9-16/h1-12,14,25H,13H2,(H,24,26). The van der Waals surface area contributed by atoms with Crippen LogP contribution in [0.25, 0.3) is 22.4 Å². The number of pyridine rings is 1. The SMILES string of the molecule is O=S(=O)(NCc1cccc(-c2[nH]ncc2-c2ccncc2)c1)c1ccc(F)cc1. The molecular weight excluding hydrogens is 391 g/mol. The molecule has 4 rings (SSSR count). The van der Waals surface area contributed by atoms with Gasteiger partial charge in [0.25, 0.3) is 0 Å². The zero-order chi connectivity index (χ0) is 20.3. The zero-order valence-electron chi connectivity index (χ0n) is 15.2. The second kappa shape index (κ2) is 7.94. The van der Waals surface area contributed by atoms with Crippen LogP contribution < -0.4 is 4.72 Å². The summed E-state index contributed by atoms with van der Waals surface area (Å²) in [6, 6.07) is 16.0. The Hall–Kier alpha value is -3.36. The van der Waals surface area contributed by atoms with Crippen LogP contribution in [0.1, 0.15) is 5.56 Å². The summed E-state index contributed by atoms with van der Waals surface area (Å²) in [6.07, 6.45) is 5.17. The predicted octanol–water partition coefficient (Wildman–Crippen LogP) is 3.76. The first-order valence-electron chi connectivity index (χ1n) is 8.81. The van der Waals surface area contributed by atoms with E-state index in [2.05, 4.69) is 19.9 Å². The second-order valence-electron chi connectivity index (χ2n) is 6.37. The van der Waals surface area contributed by atoms with Gasteiger partial charge in [0, 0.05) is 30.1 Å². The molecule has 8 heteroatoms. The molecule has 0 radical (unpaired) electrons. The molecule has 0 spiro atoms. The minimum Gasteiger partial charge on any atom is -0.277 e. The maximum Gasteiger partial charge on any atom is 0.240 e. The topological polar surface area (TPSA) is 87.7 Å². The van der Waals surface area contributed by atoms with Gasteiger partial charge in [-0.3, -0.25) is 10.1 Å². The minimum atomic E-state index is -3.74. The number of rotatable bonds is 6. The molecule has 0 bridgehead atoms. The van der Waals surface area contributed by atoms with Crippen molar-refractivity contribution in [2.75, 3.05) is 0 Å². The lowest BCUT2D eigenvalue weighted by molar-refractivity contribution is 0.580. The number of aromatic nitrogens is 3. The van der Waals surface area contributed by atoms with E-state index < -0.39 is 15.8 Å². The van der Waals surface area contributed by atoms with Gasteiger partial charge in [-0.2, -0.15) is 5.10 Å². The number of aromatic amines is 1. The van der Waals surface area contributed by atoms with Gasteiger partial charge in [-0.25, -0.2) is 17.5 Å². The summed E-state index contributed by atoms with van der Waals surface area (Å²) in [7, 11) is -3.74. The monoisotopic (exact) mass is 408 g/mol. The Labute approximate surface area is 167 Å². The maximum absolute atomic E-state index is 13.0. The molecule has 0 aliphatic carbocycles. The Morgan fingerprint density at radius 2 is 1.72 bits per heavy atom. The lowest BCUT2D eigenvalue weighted by Crippen LogP contribution is -2.23. The molecule has 2 N–H and O–H groups in total. The van der Waals surface area contributed by atoms with Crippen molar-refractivity contribution >= 4 is 10.0 Å². The highest BCUT2D eigenvalue weighted by Crippen LogP contribution is 2.30. The van der Waals surface area contributed by atoms with Crippen molar-refractivity contribution in [2.24, 2.45) is 0 Å². The smallest absolute Gasteiger partial charge is 0.240 e. The highest BCUT2D eigenvalue weighted by molar-refractivity contribution is 7.89. The van der Waals surface area contributed by atoms with Crippen LogP contribution in [-0.2, 0) is 16.6 Å². The fourth-order valence-corrected chi connectivity index (χ4v) is 3.99. The van der Waals surface area contributed by atoms with Crippen molar-refractivity contribution < 1.29 is 12.8 Å². The van der Waals surface area contributed by atoms with Gasteiger partial charge in [0.15, 0.2) is 0 Å². The summed E-state index contributed by atoms with van der Waals surface area (Å²) in [4.78, 5) is 4.05. The van der Waals surface area contributed by atoms with Gasteiger partial charge in [-0.15, -0.1) is 0 Å². The molecule has 2 aromatic carbocycles. The van der Waals surface area contributed by atoms with Gasteiger partial charge < -0.3 is 0 Å². The third-order valence-electron chi connectivity index (χ3n) is 4.44. The zero-order valence-corrected chi connectivity index (χ0v) is 16.0.